The van der Waals surface area contributed by atoms with E-state index in [1.807, 2.05) is 0 Å². The standard InChI is InChI=1S/C19H22O6/c1-11(2)22-18(20)24-16-10-13(5)17(25-19(21)23-12(3)4)15-9-7-6-8-14(15)16/h6-12H,1-5H3. The molecule has 0 bridgehead atoms. The topological polar surface area (TPSA) is 71.1 Å². The zero-order valence-electron chi connectivity index (χ0n) is 15.0. The summed E-state index contributed by atoms with van der Waals surface area (Å²) in [4.78, 5) is 23.7. The van der Waals surface area contributed by atoms with Gasteiger partial charge in [0.05, 0.1) is 12.2 Å². The van der Waals surface area contributed by atoms with E-state index in [2.05, 4.69) is 0 Å². The number of carbonyl (C=O) groups excluding carboxylic acids is 2. The van der Waals surface area contributed by atoms with Crippen molar-refractivity contribution >= 4 is 23.1 Å². The van der Waals surface area contributed by atoms with Gasteiger partial charge in [0.25, 0.3) is 0 Å². The molecular weight excluding hydrogens is 324 g/mol. The molecule has 0 fully saturated rings. The van der Waals surface area contributed by atoms with Crippen molar-refractivity contribution in [1.82, 2.24) is 0 Å². The molecule has 0 aliphatic rings. The number of carbonyl (C=O) groups is 2. The third-order valence-corrected chi connectivity index (χ3v) is 3.19. The van der Waals surface area contributed by atoms with Crippen LogP contribution in [-0.4, -0.2) is 24.5 Å². The Morgan fingerprint density at radius 3 is 1.92 bits per heavy atom. The lowest BCUT2D eigenvalue weighted by Crippen LogP contribution is -2.17. The third-order valence-electron chi connectivity index (χ3n) is 3.19. The second-order valence-corrected chi connectivity index (χ2v) is 6.10. The minimum absolute atomic E-state index is 0.284. The number of fused-ring (bicyclic) bond motifs is 1. The molecule has 0 unspecified atom stereocenters. The van der Waals surface area contributed by atoms with Crippen molar-refractivity contribution in [3.05, 3.63) is 35.9 Å². The van der Waals surface area contributed by atoms with Crippen LogP contribution in [0.4, 0.5) is 9.59 Å². The fraction of sp³-hybridized carbons (Fsp3) is 0.368. The van der Waals surface area contributed by atoms with Gasteiger partial charge in [-0.15, -0.1) is 0 Å². The highest BCUT2D eigenvalue weighted by atomic mass is 16.7. The monoisotopic (exact) mass is 346 g/mol. The number of aryl methyl sites for hydroxylation is 1. The highest BCUT2D eigenvalue weighted by Crippen LogP contribution is 2.37. The molecule has 0 radical (unpaired) electrons. The summed E-state index contributed by atoms with van der Waals surface area (Å²) < 4.78 is 20.7. The van der Waals surface area contributed by atoms with E-state index in [1.165, 1.54) is 0 Å². The predicted molar refractivity (Wildman–Crippen MR) is 93.2 cm³/mol. The zero-order chi connectivity index (χ0) is 18.6. The summed E-state index contributed by atoms with van der Waals surface area (Å²) in [5.74, 6) is 0.703. The van der Waals surface area contributed by atoms with Crippen molar-refractivity contribution in [3.8, 4) is 11.5 Å². The molecular formula is C19H22O6. The Labute approximate surface area is 146 Å². The Morgan fingerprint density at radius 2 is 1.36 bits per heavy atom. The van der Waals surface area contributed by atoms with E-state index >= 15 is 0 Å². The molecule has 0 aromatic heterocycles. The fourth-order valence-corrected chi connectivity index (χ4v) is 2.27. The number of hydrogen-bond acceptors (Lipinski definition) is 6. The van der Waals surface area contributed by atoms with Crippen molar-refractivity contribution in [2.45, 2.75) is 46.8 Å². The molecule has 25 heavy (non-hydrogen) atoms. The summed E-state index contributed by atoms with van der Waals surface area (Å²) in [7, 11) is 0. The van der Waals surface area contributed by atoms with Crippen molar-refractivity contribution in [3.63, 3.8) is 0 Å². The Morgan fingerprint density at radius 1 is 0.840 bits per heavy atom. The molecule has 6 nitrogen and oxygen atoms in total. The molecule has 0 aliphatic heterocycles. The molecule has 2 rings (SSSR count). The van der Waals surface area contributed by atoms with Gasteiger partial charge in [0.2, 0.25) is 0 Å². The summed E-state index contributed by atoms with van der Waals surface area (Å²) in [6, 6.07) is 8.78. The minimum Gasteiger partial charge on any atom is -0.431 e. The van der Waals surface area contributed by atoms with E-state index < -0.39 is 12.3 Å². The Hall–Kier alpha value is -2.76. The average Bonchev–Trinajstić information content (AvgIpc) is 2.49. The lowest BCUT2D eigenvalue weighted by atomic mass is 10.0. The summed E-state index contributed by atoms with van der Waals surface area (Å²) in [6.07, 6.45) is -2.13. The van der Waals surface area contributed by atoms with Gasteiger partial charge >= 0.3 is 12.3 Å². The second kappa shape index (κ2) is 7.88. The smallest absolute Gasteiger partial charge is 0.431 e. The normalized spacial score (nSPS) is 10.8. The van der Waals surface area contributed by atoms with Crippen LogP contribution in [0.15, 0.2) is 30.3 Å². The molecule has 0 saturated heterocycles. The van der Waals surface area contributed by atoms with Crippen LogP contribution in [0.2, 0.25) is 0 Å². The van der Waals surface area contributed by atoms with Gasteiger partial charge in [-0.2, -0.15) is 0 Å². The second-order valence-electron chi connectivity index (χ2n) is 6.10. The Kier molecular flexibility index (Phi) is 5.85. The van der Waals surface area contributed by atoms with Crippen molar-refractivity contribution in [1.29, 1.82) is 0 Å². The van der Waals surface area contributed by atoms with Gasteiger partial charge in [0, 0.05) is 10.8 Å². The van der Waals surface area contributed by atoms with Crippen molar-refractivity contribution < 1.29 is 28.5 Å². The van der Waals surface area contributed by atoms with E-state index in [9.17, 15) is 9.59 Å². The van der Waals surface area contributed by atoms with Crippen LogP contribution in [0, 0.1) is 6.92 Å². The predicted octanol–water partition coefficient (Wildman–Crippen LogP) is 5.00. The SMILES string of the molecule is Cc1cc(OC(=O)OC(C)C)c2ccccc2c1OC(=O)OC(C)C. The first-order valence-electron chi connectivity index (χ1n) is 8.07. The Balaban J connectivity index is 2.40. The van der Waals surface area contributed by atoms with Gasteiger partial charge in [-0.25, -0.2) is 9.59 Å². The van der Waals surface area contributed by atoms with Crippen LogP contribution in [-0.2, 0) is 9.47 Å². The van der Waals surface area contributed by atoms with Crippen molar-refractivity contribution in [2.24, 2.45) is 0 Å². The minimum atomic E-state index is -0.785. The van der Waals surface area contributed by atoms with Gasteiger partial charge in [0.1, 0.15) is 11.5 Å². The van der Waals surface area contributed by atoms with Crippen LogP contribution in [0.5, 0.6) is 11.5 Å². The molecule has 0 spiro atoms. The van der Waals surface area contributed by atoms with Gasteiger partial charge in [0.15, 0.2) is 0 Å². The maximum atomic E-state index is 11.9. The first-order chi connectivity index (χ1) is 11.8. The van der Waals surface area contributed by atoms with Crippen LogP contribution in [0.3, 0.4) is 0 Å². The Bertz CT molecular complexity index is 779. The quantitative estimate of drug-likeness (QED) is 0.573. The maximum Gasteiger partial charge on any atom is 0.514 e. The van der Waals surface area contributed by atoms with E-state index in [1.54, 1.807) is 65.0 Å². The fourth-order valence-electron chi connectivity index (χ4n) is 2.27. The lowest BCUT2D eigenvalue weighted by molar-refractivity contribution is 0.0711. The first kappa shape index (κ1) is 18.6. The molecule has 2 aromatic carbocycles. The molecule has 0 aliphatic carbocycles. The van der Waals surface area contributed by atoms with Crippen molar-refractivity contribution in [2.75, 3.05) is 0 Å². The number of benzene rings is 2. The molecule has 0 amide bonds. The summed E-state index contributed by atoms with van der Waals surface area (Å²) in [6.45, 7) is 8.71. The van der Waals surface area contributed by atoms with E-state index in [-0.39, 0.29) is 12.2 Å². The van der Waals surface area contributed by atoms with E-state index in [0.29, 0.717) is 27.8 Å². The van der Waals surface area contributed by atoms with Crippen LogP contribution < -0.4 is 9.47 Å². The van der Waals surface area contributed by atoms with Gasteiger partial charge in [-0.05, 0) is 46.2 Å². The highest BCUT2D eigenvalue weighted by molar-refractivity contribution is 5.96. The largest absolute Gasteiger partial charge is 0.514 e. The van der Waals surface area contributed by atoms with Gasteiger partial charge in [-0.3, -0.25) is 0 Å². The lowest BCUT2D eigenvalue weighted by Gasteiger charge is -2.15. The summed E-state index contributed by atoms with van der Waals surface area (Å²) >= 11 is 0. The van der Waals surface area contributed by atoms with E-state index in [0.717, 1.165) is 0 Å². The maximum absolute atomic E-state index is 11.9. The summed E-state index contributed by atoms with van der Waals surface area (Å²) in [5, 5.41) is 1.26. The molecule has 0 atom stereocenters. The molecule has 2 aromatic rings. The number of rotatable bonds is 4. The molecule has 0 N–H and O–H groups in total. The molecule has 6 heteroatoms. The van der Waals surface area contributed by atoms with E-state index in [4.69, 9.17) is 18.9 Å². The van der Waals surface area contributed by atoms with Crippen LogP contribution in [0.1, 0.15) is 33.3 Å². The number of ether oxygens (including phenoxy) is 4. The molecule has 134 valence electrons. The third kappa shape index (κ3) is 4.86. The molecule has 0 heterocycles. The number of hydrogen-bond donors (Lipinski definition) is 0. The first-order valence-corrected chi connectivity index (χ1v) is 8.07. The van der Waals surface area contributed by atoms with Gasteiger partial charge in [-0.1, -0.05) is 24.3 Å². The zero-order valence-corrected chi connectivity index (χ0v) is 15.0. The van der Waals surface area contributed by atoms with Crippen LogP contribution in [0.25, 0.3) is 10.8 Å². The molecule has 0 saturated carbocycles. The average molecular weight is 346 g/mol. The van der Waals surface area contributed by atoms with Crippen LogP contribution >= 0.6 is 0 Å². The highest BCUT2D eigenvalue weighted by Gasteiger charge is 2.18. The summed E-state index contributed by atoms with van der Waals surface area (Å²) in [5.41, 5.74) is 0.631. The van der Waals surface area contributed by atoms with Gasteiger partial charge < -0.3 is 18.9 Å².